The molecular weight excluding hydrogens is 359 g/mol. The summed E-state index contributed by atoms with van der Waals surface area (Å²) >= 11 is 0. The Kier molecular flexibility index (Phi) is 3.80. The first kappa shape index (κ1) is 17.1. The van der Waals surface area contributed by atoms with Crippen molar-refractivity contribution < 1.29 is 9.13 Å². The smallest absolute Gasteiger partial charge is 0.329 e. The average Bonchev–Trinajstić information content (AvgIpc) is 2.93. The summed E-state index contributed by atoms with van der Waals surface area (Å²) in [5.74, 6) is -0.511. The number of aromatic nitrogens is 4. The van der Waals surface area contributed by atoms with Crippen LogP contribution in [-0.4, -0.2) is 32.3 Å². The Bertz CT molecular complexity index is 1250. The van der Waals surface area contributed by atoms with Crippen molar-refractivity contribution in [1.29, 1.82) is 0 Å². The van der Waals surface area contributed by atoms with E-state index in [1.54, 1.807) is 31.0 Å². The van der Waals surface area contributed by atoms with Crippen molar-refractivity contribution in [3.8, 4) is 11.1 Å². The normalized spacial score (nSPS) is 19.2. The van der Waals surface area contributed by atoms with E-state index in [0.717, 1.165) is 45.9 Å². The fourth-order valence-electron chi connectivity index (χ4n) is 4.03. The van der Waals surface area contributed by atoms with Crippen molar-refractivity contribution in [3.63, 3.8) is 0 Å². The molecule has 0 N–H and O–H groups in total. The van der Waals surface area contributed by atoms with Crippen molar-refractivity contribution in [2.75, 3.05) is 7.11 Å². The fraction of sp³-hybridized carbons (Fsp3) is 0.286. The summed E-state index contributed by atoms with van der Waals surface area (Å²) in [6.07, 6.45) is 5.10. The molecule has 0 saturated heterocycles. The molecule has 6 nitrogen and oxygen atoms in total. The Hall–Kier alpha value is -3.06. The maximum Gasteiger partial charge on any atom is 0.329 e. The highest BCUT2D eigenvalue weighted by Crippen LogP contribution is 2.37. The number of hydrogen-bond donors (Lipinski definition) is 0. The van der Waals surface area contributed by atoms with Gasteiger partial charge in [-0.05, 0) is 42.7 Å². The molecule has 1 saturated carbocycles. The molecular formula is C21H19FN4O2. The topological polar surface area (TPSA) is 61.9 Å². The third-order valence-corrected chi connectivity index (χ3v) is 5.74. The van der Waals surface area contributed by atoms with Crippen LogP contribution in [0.1, 0.15) is 18.9 Å². The first-order chi connectivity index (χ1) is 13.6. The zero-order valence-electron chi connectivity index (χ0n) is 15.6. The molecule has 5 rings (SSSR count). The molecule has 1 fully saturated rings. The molecule has 0 unspecified atom stereocenters. The number of halogens is 1. The molecule has 0 amide bonds. The van der Waals surface area contributed by atoms with Gasteiger partial charge in [0.15, 0.2) is 0 Å². The number of fused-ring (bicyclic) bond motifs is 3. The van der Waals surface area contributed by atoms with Gasteiger partial charge < -0.3 is 4.74 Å². The number of rotatable bonds is 3. The summed E-state index contributed by atoms with van der Waals surface area (Å²) < 4.78 is 22.1. The minimum atomic E-state index is -0.511. The lowest BCUT2D eigenvalue weighted by Crippen LogP contribution is -2.37. The van der Waals surface area contributed by atoms with Gasteiger partial charge in [-0.1, -0.05) is 6.07 Å². The molecule has 1 aliphatic carbocycles. The lowest BCUT2D eigenvalue weighted by atomic mass is 9.89. The van der Waals surface area contributed by atoms with Gasteiger partial charge in [-0.15, -0.1) is 0 Å². The monoisotopic (exact) mass is 378 g/mol. The number of nitrogens with zero attached hydrogens (tertiary/aromatic N) is 4. The van der Waals surface area contributed by atoms with Gasteiger partial charge in [0.25, 0.3) is 0 Å². The molecule has 3 aromatic heterocycles. The van der Waals surface area contributed by atoms with E-state index in [-0.39, 0.29) is 17.8 Å². The van der Waals surface area contributed by atoms with E-state index in [1.807, 2.05) is 22.8 Å². The average molecular weight is 378 g/mol. The van der Waals surface area contributed by atoms with Gasteiger partial charge in [-0.3, -0.25) is 14.1 Å². The molecule has 0 bridgehead atoms. The van der Waals surface area contributed by atoms with Crippen LogP contribution in [0, 0.1) is 5.95 Å². The number of imidazole rings is 1. The molecule has 0 spiro atoms. The van der Waals surface area contributed by atoms with Crippen LogP contribution in [0.3, 0.4) is 0 Å². The minimum absolute atomic E-state index is 0.0438. The fourth-order valence-corrected chi connectivity index (χ4v) is 4.03. The van der Waals surface area contributed by atoms with Crippen molar-refractivity contribution in [3.05, 3.63) is 59.2 Å². The van der Waals surface area contributed by atoms with Crippen LogP contribution in [0.5, 0.6) is 0 Å². The second-order valence-electron chi connectivity index (χ2n) is 7.29. The molecule has 1 aliphatic rings. The summed E-state index contributed by atoms with van der Waals surface area (Å²) in [5, 5.41) is 0.901. The Balaban J connectivity index is 1.76. The van der Waals surface area contributed by atoms with Gasteiger partial charge in [-0.2, -0.15) is 4.39 Å². The Morgan fingerprint density at radius 1 is 1.11 bits per heavy atom. The summed E-state index contributed by atoms with van der Waals surface area (Å²) in [5.41, 5.74) is 4.17. The summed E-state index contributed by atoms with van der Waals surface area (Å²) in [6.45, 7) is 0. The van der Waals surface area contributed by atoms with Crippen molar-refractivity contribution in [1.82, 2.24) is 19.1 Å². The van der Waals surface area contributed by atoms with Crippen LogP contribution in [0.15, 0.2) is 47.5 Å². The number of hydrogen-bond acceptors (Lipinski definition) is 4. The third-order valence-electron chi connectivity index (χ3n) is 5.74. The quantitative estimate of drug-likeness (QED) is 0.513. The van der Waals surface area contributed by atoms with E-state index in [2.05, 4.69) is 9.97 Å². The van der Waals surface area contributed by atoms with Gasteiger partial charge in [0.2, 0.25) is 5.95 Å². The predicted octanol–water partition coefficient (Wildman–Crippen LogP) is 3.44. The molecule has 28 heavy (non-hydrogen) atoms. The zero-order chi connectivity index (χ0) is 19.4. The SMILES string of the molecule is CO[C@H]1C[C@@H](n2c(=O)n(C)c3cnc4ccc(-c5ccc(F)nc5)cc4c32)C1. The lowest BCUT2D eigenvalue weighted by molar-refractivity contribution is 0.00635. The molecule has 0 aliphatic heterocycles. The Morgan fingerprint density at radius 3 is 2.61 bits per heavy atom. The first-order valence-electron chi connectivity index (χ1n) is 9.21. The third kappa shape index (κ3) is 2.46. The molecule has 4 aromatic rings. The highest BCUT2D eigenvalue weighted by Gasteiger charge is 2.33. The van der Waals surface area contributed by atoms with Gasteiger partial charge in [0.05, 0.1) is 28.9 Å². The largest absolute Gasteiger partial charge is 0.381 e. The van der Waals surface area contributed by atoms with Crippen LogP contribution >= 0.6 is 0 Å². The summed E-state index contributed by atoms with van der Waals surface area (Å²) in [6, 6.07) is 9.02. The standard InChI is InChI=1S/C21H19FN4O2/c1-25-18-11-23-17-5-3-12(13-4-6-19(22)24-10-13)7-16(17)20(18)26(21(25)27)14-8-15(9-14)28-2/h3-7,10-11,14-15H,8-9H2,1-2H3/t14-,15+. The zero-order valence-corrected chi connectivity index (χ0v) is 15.6. The van der Waals surface area contributed by atoms with Gasteiger partial charge >= 0.3 is 5.69 Å². The van der Waals surface area contributed by atoms with Crippen molar-refractivity contribution in [2.24, 2.45) is 7.05 Å². The number of pyridine rings is 2. The maximum absolute atomic E-state index is 13.2. The maximum atomic E-state index is 13.2. The van der Waals surface area contributed by atoms with Crippen LogP contribution in [0.25, 0.3) is 33.1 Å². The van der Waals surface area contributed by atoms with Crippen molar-refractivity contribution in [2.45, 2.75) is 25.0 Å². The molecule has 1 aromatic carbocycles. The van der Waals surface area contributed by atoms with E-state index < -0.39 is 5.95 Å². The lowest BCUT2D eigenvalue weighted by Gasteiger charge is -2.34. The second kappa shape index (κ2) is 6.24. The number of ether oxygens (including phenoxy) is 1. The van der Waals surface area contributed by atoms with Crippen molar-refractivity contribution >= 4 is 21.9 Å². The van der Waals surface area contributed by atoms with Gasteiger partial charge in [0, 0.05) is 37.3 Å². The van der Waals surface area contributed by atoms with E-state index in [4.69, 9.17) is 4.74 Å². The Morgan fingerprint density at radius 2 is 1.89 bits per heavy atom. The van der Waals surface area contributed by atoms with Crippen LogP contribution in [0.4, 0.5) is 4.39 Å². The summed E-state index contributed by atoms with van der Waals surface area (Å²) in [7, 11) is 3.48. The first-order valence-corrected chi connectivity index (χ1v) is 9.21. The molecule has 7 heteroatoms. The van der Waals surface area contributed by atoms with E-state index in [0.29, 0.717) is 0 Å². The second-order valence-corrected chi connectivity index (χ2v) is 7.29. The molecule has 0 radical (unpaired) electrons. The van der Waals surface area contributed by atoms with E-state index >= 15 is 0 Å². The van der Waals surface area contributed by atoms with E-state index in [9.17, 15) is 9.18 Å². The number of methoxy groups -OCH3 is 1. The number of aryl methyl sites for hydroxylation is 1. The molecule has 0 atom stereocenters. The predicted molar refractivity (Wildman–Crippen MR) is 105 cm³/mol. The Labute approximate surface area is 160 Å². The molecule has 3 heterocycles. The van der Waals surface area contributed by atoms with Crippen LogP contribution in [-0.2, 0) is 11.8 Å². The number of benzene rings is 1. The van der Waals surface area contributed by atoms with Crippen LogP contribution < -0.4 is 5.69 Å². The minimum Gasteiger partial charge on any atom is -0.381 e. The van der Waals surface area contributed by atoms with Gasteiger partial charge in [-0.25, -0.2) is 9.78 Å². The highest BCUT2D eigenvalue weighted by molar-refractivity contribution is 6.04. The highest BCUT2D eigenvalue weighted by atomic mass is 19.1. The van der Waals surface area contributed by atoms with Crippen LogP contribution in [0.2, 0.25) is 0 Å². The van der Waals surface area contributed by atoms with Gasteiger partial charge in [0.1, 0.15) is 0 Å². The van der Waals surface area contributed by atoms with E-state index in [1.165, 1.54) is 12.3 Å². The molecule has 142 valence electrons. The summed E-state index contributed by atoms with van der Waals surface area (Å²) in [4.78, 5) is 21.2.